The van der Waals surface area contributed by atoms with Gasteiger partial charge in [-0.3, -0.25) is 9.59 Å². The summed E-state index contributed by atoms with van der Waals surface area (Å²) >= 11 is 0. The second-order valence-corrected chi connectivity index (χ2v) is 7.26. The third kappa shape index (κ3) is 2.99. The van der Waals surface area contributed by atoms with Gasteiger partial charge in [-0.2, -0.15) is 0 Å². The van der Waals surface area contributed by atoms with Crippen LogP contribution in [0.4, 0.5) is 0 Å². The van der Waals surface area contributed by atoms with E-state index in [1.54, 1.807) is 24.3 Å². The monoisotopic (exact) mass is 386 g/mol. The first kappa shape index (κ1) is 18.0. The first-order valence-electron chi connectivity index (χ1n) is 9.88. The van der Waals surface area contributed by atoms with Crippen molar-refractivity contribution in [3.8, 4) is 0 Å². The van der Waals surface area contributed by atoms with Crippen LogP contribution in [-0.2, 0) is 0 Å². The summed E-state index contributed by atoms with van der Waals surface area (Å²) in [5.74, 6) is -0.285. The molecule has 2 nitrogen and oxygen atoms in total. The number of ketones is 2. The highest BCUT2D eigenvalue weighted by atomic mass is 16.1. The minimum absolute atomic E-state index is 0.143. The minimum atomic E-state index is -0.143. The second kappa shape index (κ2) is 7.41. The van der Waals surface area contributed by atoms with E-state index in [-0.39, 0.29) is 11.6 Å². The Morgan fingerprint density at radius 2 is 0.700 bits per heavy atom. The molecule has 0 fully saturated rings. The molecular weight excluding hydrogens is 368 g/mol. The van der Waals surface area contributed by atoms with Crippen LogP contribution in [0.5, 0.6) is 0 Å². The second-order valence-electron chi connectivity index (χ2n) is 7.26. The van der Waals surface area contributed by atoms with Crippen molar-refractivity contribution in [1.82, 2.24) is 0 Å². The summed E-state index contributed by atoms with van der Waals surface area (Å²) < 4.78 is 0. The van der Waals surface area contributed by atoms with Gasteiger partial charge in [0.25, 0.3) is 0 Å². The highest BCUT2D eigenvalue weighted by molar-refractivity contribution is 6.24. The predicted molar refractivity (Wildman–Crippen MR) is 121 cm³/mol. The molecule has 5 aromatic rings. The molecule has 5 rings (SSSR count). The highest BCUT2D eigenvalue weighted by Gasteiger charge is 2.21. The molecule has 142 valence electrons. The van der Waals surface area contributed by atoms with E-state index >= 15 is 0 Å². The van der Waals surface area contributed by atoms with Gasteiger partial charge >= 0.3 is 0 Å². The van der Waals surface area contributed by atoms with Crippen molar-refractivity contribution in [3.63, 3.8) is 0 Å². The Labute approximate surface area is 174 Å². The molecule has 0 amide bonds. The van der Waals surface area contributed by atoms with Gasteiger partial charge in [0.05, 0.1) is 0 Å². The molecule has 0 aromatic heterocycles. The summed E-state index contributed by atoms with van der Waals surface area (Å²) in [6, 6.07) is 34.1. The van der Waals surface area contributed by atoms with Crippen LogP contribution < -0.4 is 0 Å². The van der Waals surface area contributed by atoms with Crippen LogP contribution >= 0.6 is 0 Å². The fraction of sp³-hybridized carbons (Fsp3) is 0. The lowest BCUT2D eigenvalue weighted by Gasteiger charge is -2.11. The van der Waals surface area contributed by atoms with Crippen molar-refractivity contribution >= 4 is 33.1 Å². The first-order valence-corrected chi connectivity index (χ1v) is 9.88. The predicted octanol–water partition coefficient (Wildman–Crippen LogP) is 6.46. The summed E-state index contributed by atoms with van der Waals surface area (Å²) in [6.45, 7) is 0. The molecule has 0 aliphatic rings. The summed E-state index contributed by atoms with van der Waals surface area (Å²) in [6.07, 6.45) is 0. The lowest BCUT2D eigenvalue weighted by molar-refractivity contribution is 0.100. The topological polar surface area (TPSA) is 34.1 Å². The molecule has 0 aliphatic heterocycles. The Morgan fingerprint density at radius 1 is 0.367 bits per heavy atom. The van der Waals surface area contributed by atoms with Gasteiger partial charge in [0.1, 0.15) is 0 Å². The van der Waals surface area contributed by atoms with E-state index in [0.717, 1.165) is 21.5 Å². The van der Waals surface area contributed by atoms with Crippen molar-refractivity contribution in [3.05, 3.63) is 131 Å². The van der Waals surface area contributed by atoms with Crippen LogP contribution in [0.3, 0.4) is 0 Å². The Balaban J connectivity index is 1.66. The number of carbonyl (C=O) groups is 2. The van der Waals surface area contributed by atoms with Gasteiger partial charge < -0.3 is 0 Å². The molecule has 0 saturated carbocycles. The molecule has 0 aliphatic carbocycles. The van der Waals surface area contributed by atoms with E-state index in [2.05, 4.69) is 0 Å². The summed E-state index contributed by atoms with van der Waals surface area (Å²) in [5, 5.41) is 3.78. The maximum Gasteiger partial charge on any atom is 0.194 e. The molecule has 0 heterocycles. The number of hydrogen-bond donors (Lipinski definition) is 0. The first-order chi connectivity index (χ1) is 14.7. The van der Waals surface area contributed by atoms with E-state index in [1.807, 2.05) is 84.9 Å². The summed E-state index contributed by atoms with van der Waals surface area (Å²) in [7, 11) is 0. The summed E-state index contributed by atoms with van der Waals surface area (Å²) in [5.41, 5.74) is 2.05. The number of fused-ring (bicyclic) bond motifs is 2. The van der Waals surface area contributed by atoms with Crippen molar-refractivity contribution in [2.45, 2.75) is 0 Å². The summed E-state index contributed by atoms with van der Waals surface area (Å²) in [4.78, 5) is 27.1. The lowest BCUT2D eigenvalue weighted by Crippen LogP contribution is -2.11. The molecule has 0 saturated heterocycles. The van der Waals surface area contributed by atoms with Crippen LogP contribution in [0.15, 0.2) is 109 Å². The van der Waals surface area contributed by atoms with Gasteiger partial charge in [-0.25, -0.2) is 0 Å². The zero-order valence-corrected chi connectivity index (χ0v) is 16.2. The van der Waals surface area contributed by atoms with Gasteiger partial charge in [-0.1, -0.05) is 109 Å². The molecule has 30 heavy (non-hydrogen) atoms. The van der Waals surface area contributed by atoms with E-state index in [9.17, 15) is 9.59 Å². The molecule has 0 radical (unpaired) electrons. The third-order valence-corrected chi connectivity index (χ3v) is 5.48. The molecule has 0 atom stereocenters. The van der Waals surface area contributed by atoms with Crippen molar-refractivity contribution in [1.29, 1.82) is 0 Å². The van der Waals surface area contributed by atoms with Crippen molar-refractivity contribution in [2.75, 3.05) is 0 Å². The molecule has 5 aromatic carbocycles. The van der Waals surface area contributed by atoms with Gasteiger partial charge in [-0.15, -0.1) is 0 Å². The maximum atomic E-state index is 13.5. The smallest absolute Gasteiger partial charge is 0.194 e. The van der Waals surface area contributed by atoms with Crippen molar-refractivity contribution < 1.29 is 9.59 Å². The van der Waals surface area contributed by atoms with Gasteiger partial charge in [-0.05, 0) is 21.5 Å². The van der Waals surface area contributed by atoms with Crippen LogP contribution in [0.25, 0.3) is 21.5 Å². The fourth-order valence-electron chi connectivity index (χ4n) is 4.02. The molecular formula is C28H18O2. The van der Waals surface area contributed by atoms with Gasteiger partial charge in [0.2, 0.25) is 0 Å². The van der Waals surface area contributed by atoms with Gasteiger partial charge in [0.15, 0.2) is 11.6 Å². The standard InChI is InChI=1S/C28H18O2/c29-27(23-17-7-11-19-9-1-3-13-21(19)23)25-15-5-6-16-26(25)28(30)24-18-8-12-20-10-2-4-14-22(20)24/h1-18H. The van der Waals surface area contributed by atoms with Crippen LogP contribution in [0.2, 0.25) is 0 Å². The SMILES string of the molecule is O=C(c1ccccc1C(=O)c1cccc2ccccc12)c1cccc2ccccc12. The Bertz CT molecular complexity index is 1310. The molecule has 0 bridgehead atoms. The number of hydrogen-bond acceptors (Lipinski definition) is 2. The lowest BCUT2D eigenvalue weighted by atomic mass is 9.90. The van der Waals surface area contributed by atoms with Crippen LogP contribution in [0.1, 0.15) is 31.8 Å². The largest absolute Gasteiger partial charge is 0.289 e. The molecule has 2 heteroatoms. The number of carbonyl (C=O) groups excluding carboxylic acids is 2. The fourth-order valence-corrected chi connectivity index (χ4v) is 4.02. The maximum absolute atomic E-state index is 13.5. The Hall–Kier alpha value is -4.04. The van der Waals surface area contributed by atoms with Crippen LogP contribution in [-0.4, -0.2) is 11.6 Å². The molecule has 0 N–H and O–H groups in total. The third-order valence-electron chi connectivity index (χ3n) is 5.48. The average Bonchev–Trinajstić information content (AvgIpc) is 2.82. The van der Waals surface area contributed by atoms with E-state index in [0.29, 0.717) is 22.3 Å². The van der Waals surface area contributed by atoms with Crippen molar-refractivity contribution in [2.24, 2.45) is 0 Å². The van der Waals surface area contributed by atoms with E-state index in [1.165, 1.54) is 0 Å². The highest BCUT2D eigenvalue weighted by Crippen LogP contribution is 2.26. The quantitative estimate of drug-likeness (QED) is 0.332. The number of rotatable bonds is 4. The van der Waals surface area contributed by atoms with E-state index in [4.69, 9.17) is 0 Å². The molecule has 0 unspecified atom stereocenters. The van der Waals surface area contributed by atoms with E-state index < -0.39 is 0 Å². The Morgan fingerprint density at radius 3 is 1.17 bits per heavy atom. The Kier molecular flexibility index (Phi) is 4.45. The van der Waals surface area contributed by atoms with Crippen LogP contribution in [0, 0.1) is 0 Å². The minimum Gasteiger partial charge on any atom is -0.289 e. The van der Waals surface area contributed by atoms with Gasteiger partial charge in [0, 0.05) is 22.3 Å². The average molecular weight is 386 g/mol. The normalized spacial score (nSPS) is 10.9. The molecule has 0 spiro atoms. The zero-order chi connectivity index (χ0) is 20.5. The zero-order valence-electron chi connectivity index (χ0n) is 16.2. The number of benzene rings is 5.